The molecule has 110 valence electrons. The van der Waals surface area contributed by atoms with Crippen molar-refractivity contribution in [2.24, 2.45) is 5.73 Å². The molecule has 3 rings (SSSR count). The summed E-state index contributed by atoms with van der Waals surface area (Å²) in [6.07, 6.45) is 2.19. The van der Waals surface area contributed by atoms with Crippen molar-refractivity contribution in [2.45, 2.75) is 18.9 Å². The Morgan fingerprint density at radius 2 is 2.05 bits per heavy atom. The maximum absolute atomic E-state index is 7.75. The van der Waals surface area contributed by atoms with Crippen molar-refractivity contribution in [3.8, 4) is 5.88 Å². The first-order chi connectivity index (χ1) is 10.1. The number of hydrogen-bond donors (Lipinski definition) is 2. The number of rotatable bonds is 3. The maximum atomic E-state index is 7.75. The van der Waals surface area contributed by atoms with Crippen molar-refractivity contribution < 1.29 is 4.74 Å². The van der Waals surface area contributed by atoms with Crippen LogP contribution in [-0.4, -0.2) is 42.0 Å². The van der Waals surface area contributed by atoms with E-state index in [4.69, 9.17) is 15.9 Å². The molecule has 5 nitrogen and oxygen atoms in total. The van der Waals surface area contributed by atoms with Gasteiger partial charge in [0.15, 0.2) is 0 Å². The van der Waals surface area contributed by atoms with E-state index in [-0.39, 0.29) is 11.9 Å². The number of likely N-dealkylation sites (tertiary alicyclic amines) is 1. The summed E-state index contributed by atoms with van der Waals surface area (Å²) in [7, 11) is 2.12. The van der Waals surface area contributed by atoms with E-state index in [1.807, 2.05) is 24.3 Å². The van der Waals surface area contributed by atoms with Gasteiger partial charge in [0.05, 0.1) is 5.52 Å². The molecule has 0 atom stereocenters. The molecule has 5 heteroatoms. The summed E-state index contributed by atoms with van der Waals surface area (Å²) >= 11 is 0. The molecule has 1 aromatic carbocycles. The summed E-state index contributed by atoms with van der Waals surface area (Å²) in [6.45, 7) is 2.08. The van der Waals surface area contributed by atoms with Crippen molar-refractivity contribution in [2.75, 3.05) is 20.1 Å². The number of nitrogens with zero attached hydrogens (tertiary/aromatic N) is 2. The van der Waals surface area contributed by atoms with Gasteiger partial charge in [0.1, 0.15) is 11.9 Å². The predicted octanol–water partition coefficient (Wildman–Crippen LogP) is 1.99. The van der Waals surface area contributed by atoms with Crippen LogP contribution in [-0.2, 0) is 0 Å². The minimum atomic E-state index is 0.0434. The topological polar surface area (TPSA) is 75.2 Å². The number of ether oxygens (including phenoxy) is 1. The monoisotopic (exact) mass is 284 g/mol. The lowest BCUT2D eigenvalue weighted by Gasteiger charge is -2.29. The molecule has 1 aliphatic rings. The quantitative estimate of drug-likeness (QED) is 0.667. The lowest BCUT2D eigenvalue weighted by Crippen LogP contribution is -2.35. The van der Waals surface area contributed by atoms with Gasteiger partial charge in [-0.15, -0.1) is 0 Å². The summed E-state index contributed by atoms with van der Waals surface area (Å²) in [4.78, 5) is 6.84. The Morgan fingerprint density at radius 3 is 2.76 bits per heavy atom. The van der Waals surface area contributed by atoms with Crippen LogP contribution in [0.5, 0.6) is 5.88 Å². The van der Waals surface area contributed by atoms with Gasteiger partial charge in [-0.05, 0) is 26.0 Å². The minimum absolute atomic E-state index is 0.0434. The number of piperidine rings is 1. The van der Waals surface area contributed by atoms with E-state index in [1.165, 1.54) is 0 Å². The number of nitrogen functional groups attached to an aromatic ring is 1. The fraction of sp³-hybridized carbons (Fsp3) is 0.375. The van der Waals surface area contributed by atoms with Crippen LogP contribution in [0, 0.1) is 5.41 Å². The van der Waals surface area contributed by atoms with Crippen molar-refractivity contribution in [1.29, 1.82) is 5.41 Å². The van der Waals surface area contributed by atoms with Crippen LogP contribution in [0.25, 0.3) is 10.9 Å². The first-order valence-electron chi connectivity index (χ1n) is 7.23. The SMILES string of the molecule is CN1CCC(Oc2cc(C(=N)N)c3ccccc3n2)CC1. The van der Waals surface area contributed by atoms with Crippen LogP contribution in [0.3, 0.4) is 0 Å². The van der Waals surface area contributed by atoms with Crippen LogP contribution in [0.2, 0.25) is 0 Å². The molecule has 1 saturated heterocycles. The Bertz CT molecular complexity index is 662. The van der Waals surface area contributed by atoms with Gasteiger partial charge in [-0.1, -0.05) is 18.2 Å². The van der Waals surface area contributed by atoms with Crippen LogP contribution in [0.15, 0.2) is 30.3 Å². The smallest absolute Gasteiger partial charge is 0.214 e. The molecule has 21 heavy (non-hydrogen) atoms. The second-order valence-electron chi connectivity index (χ2n) is 5.56. The van der Waals surface area contributed by atoms with Crippen LogP contribution < -0.4 is 10.5 Å². The molecule has 0 aliphatic carbocycles. The van der Waals surface area contributed by atoms with Crippen molar-refractivity contribution >= 4 is 16.7 Å². The van der Waals surface area contributed by atoms with Crippen molar-refractivity contribution in [1.82, 2.24) is 9.88 Å². The van der Waals surface area contributed by atoms with Gasteiger partial charge >= 0.3 is 0 Å². The van der Waals surface area contributed by atoms with Gasteiger partial charge < -0.3 is 15.4 Å². The van der Waals surface area contributed by atoms with Gasteiger partial charge in [-0.3, -0.25) is 5.41 Å². The molecule has 1 aromatic heterocycles. The van der Waals surface area contributed by atoms with Gasteiger partial charge in [0.2, 0.25) is 5.88 Å². The third-order valence-electron chi connectivity index (χ3n) is 3.94. The zero-order chi connectivity index (χ0) is 14.8. The maximum Gasteiger partial charge on any atom is 0.214 e. The highest BCUT2D eigenvalue weighted by molar-refractivity contribution is 6.06. The van der Waals surface area contributed by atoms with E-state index in [1.54, 1.807) is 6.07 Å². The predicted molar refractivity (Wildman–Crippen MR) is 83.9 cm³/mol. The first kappa shape index (κ1) is 13.8. The van der Waals surface area contributed by atoms with Crippen molar-refractivity contribution in [3.63, 3.8) is 0 Å². The number of benzene rings is 1. The summed E-state index contributed by atoms with van der Waals surface area (Å²) in [5.74, 6) is 0.607. The average molecular weight is 284 g/mol. The molecule has 3 N–H and O–H groups in total. The van der Waals surface area contributed by atoms with Crippen molar-refractivity contribution in [3.05, 3.63) is 35.9 Å². The summed E-state index contributed by atoms with van der Waals surface area (Å²) in [5, 5.41) is 8.64. The molecule has 0 amide bonds. The summed E-state index contributed by atoms with van der Waals surface area (Å²) < 4.78 is 6.01. The van der Waals surface area contributed by atoms with Crippen LogP contribution in [0.1, 0.15) is 18.4 Å². The normalized spacial score (nSPS) is 17.0. The second-order valence-corrected chi connectivity index (χ2v) is 5.56. The molecule has 0 bridgehead atoms. The lowest BCUT2D eigenvalue weighted by atomic mass is 10.1. The number of nitrogens with one attached hydrogen (secondary N) is 1. The van der Waals surface area contributed by atoms with E-state index < -0.39 is 0 Å². The first-order valence-corrected chi connectivity index (χ1v) is 7.23. The molecule has 1 aliphatic heterocycles. The Labute approximate surface area is 124 Å². The lowest BCUT2D eigenvalue weighted by molar-refractivity contribution is 0.110. The minimum Gasteiger partial charge on any atom is -0.474 e. The molecule has 2 aromatic rings. The van der Waals surface area contributed by atoms with E-state index >= 15 is 0 Å². The fourth-order valence-corrected chi connectivity index (χ4v) is 2.71. The van der Waals surface area contributed by atoms with Crippen LogP contribution in [0.4, 0.5) is 0 Å². The van der Waals surface area contributed by atoms with E-state index in [2.05, 4.69) is 16.9 Å². The molecule has 0 saturated carbocycles. The van der Waals surface area contributed by atoms with Gasteiger partial charge in [0.25, 0.3) is 0 Å². The number of aromatic nitrogens is 1. The number of hydrogen-bond acceptors (Lipinski definition) is 4. The molecule has 0 radical (unpaired) electrons. The molecule has 1 fully saturated rings. The number of nitrogens with two attached hydrogens (primary N) is 1. The zero-order valence-corrected chi connectivity index (χ0v) is 12.2. The van der Waals surface area contributed by atoms with Gasteiger partial charge in [-0.25, -0.2) is 4.98 Å². The fourth-order valence-electron chi connectivity index (χ4n) is 2.71. The highest BCUT2D eigenvalue weighted by Gasteiger charge is 2.19. The Kier molecular flexibility index (Phi) is 3.75. The Morgan fingerprint density at radius 1 is 1.33 bits per heavy atom. The highest BCUT2D eigenvalue weighted by atomic mass is 16.5. The standard InChI is InChI=1S/C16H20N4O/c1-20-8-6-11(7-9-20)21-15-10-13(16(17)18)12-4-2-3-5-14(12)19-15/h2-5,10-11H,6-9H2,1H3,(H3,17,18). The Hall–Kier alpha value is -2.14. The largest absolute Gasteiger partial charge is 0.474 e. The molecular weight excluding hydrogens is 264 g/mol. The van der Waals surface area contributed by atoms with E-state index in [0.29, 0.717) is 11.4 Å². The highest BCUT2D eigenvalue weighted by Crippen LogP contribution is 2.24. The summed E-state index contributed by atoms with van der Waals surface area (Å²) in [5.41, 5.74) is 7.19. The van der Waals surface area contributed by atoms with Gasteiger partial charge in [0, 0.05) is 30.1 Å². The number of amidine groups is 1. The molecule has 2 heterocycles. The van der Waals surface area contributed by atoms with E-state index in [9.17, 15) is 0 Å². The number of pyridine rings is 1. The molecule has 0 unspecified atom stereocenters. The molecule has 0 spiro atoms. The zero-order valence-electron chi connectivity index (χ0n) is 12.2. The van der Waals surface area contributed by atoms with Crippen LogP contribution >= 0.6 is 0 Å². The number of fused-ring (bicyclic) bond motifs is 1. The second kappa shape index (κ2) is 5.69. The third-order valence-corrected chi connectivity index (χ3v) is 3.94. The number of para-hydroxylation sites is 1. The summed E-state index contributed by atoms with van der Waals surface area (Å²) in [6, 6.07) is 9.48. The Balaban J connectivity index is 1.90. The van der Waals surface area contributed by atoms with E-state index in [0.717, 1.165) is 36.8 Å². The molecular formula is C16H20N4O. The van der Waals surface area contributed by atoms with Gasteiger partial charge in [-0.2, -0.15) is 0 Å². The third kappa shape index (κ3) is 2.97. The average Bonchev–Trinajstić information content (AvgIpc) is 2.48.